The number of hydrogen-bond acceptors (Lipinski definition) is 6. The Morgan fingerprint density at radius 3 is 2.77 bits per heavy atom. The topological polar surface area (TPSA) is 87.8 Å². The van der Waals surface area contributed by atoms with Crippen LogP contribution in [-0.2, 0) is 10.0 Å². The summed E-state index contributed by atoms with van der Waals surface area (Å²) in [5.74, 6) is 1.85. The predicted molar refractivity (Wildman–Crippen MR) is 94.8 cm³/mol. The summed E-state index contributed by atoms with van der Waals surface area (Å²) < 4.78 is 38.9. The highest BCUT2D eigenvalue weighted by Gasteiger charge is 2.36. The number of ether oxygens (including phenoxy) is 2. The van der Waals surface area contributed by atoms with Crippen LogP contribution in [0.4, 0.5) is 0 Å². The second kappa shape index (κ2) is 6.90. The van der Waals surface area contributed by atoms with E-state index in [1.807, 2.05) is 0 Å². The number of nitrogens with zero attached hydrogens (tertiary/aromatic N) is 3. The van der Waals surface area contributed by atoms with Gasteiger partial charge in [-0.1, -0.05) is 6.92 Å². The van der Waals surface area contributed by atoms with Gasteiger partial charge in [-0.2, -0.15) is 4.31 Å². The fourth-order valence-corrected chi connectivity index (χ4v) is 4.90. The highest BCUT2D eigenvalue weighted by atomic mass is 32.2. The average molecular weight is 378 g/mol. The standard InChI is InChI=1S/C17H22N4O4S/c1-2-20-7-8-21(12-14(20)17-18-5-6-19-17)26(22,23)13-3-4-15-16(11-13)25-10-9-24-15/h3-6,11,14H,2,7-10,12H2,1H3,(H,18,19)/t14-/m1/s1. The smallest absolute Gasteiger partial charge is 0.243 e. The van der Waals surface area contributed by atoms with Crippen LogP contribution in [0.5, 0.6) is 11.5 Å². The summed E-state index contributed by atoms with van der Waals surface area (Å²) in [7, 11) is -3.62. The van der Waals surface area contributed by atoms with Crippen molar-refractivity contribution in [2.75, 3.05) is 39.4 Å². The van der Waals surface area contributed by atoms with Crippen LogP contribution in [0.1, 0.15) is 18.8 Å². The van der Waals surface area contributed by atoms with E-state index in [-0.39, 0.29) is 10.9 Å². The fourth-order valence-electron chi connectivity index (χ4n) is 3.44. The molecule has 0 amide bonds. The van der Waals surface area contributed by atoms with E-state index in [1.165, 1.54) is 4.31 Å². The van der Waals surface area contributed by atoms with Crippen molar-refractivity contribution in [3.8, 4) is 11.5 Å². The second-order valence-electron chi connectivity index (χ2n) is 6.29. The van der Waals surface area contributed by atoms with E-state index in [4.69, 9.17) is 9.47 Å². The summed E-state index contributed by atoms with van der Waals surface area (Å²) >= 11 is 0. The van der Waals surface area contributed by atoms with Gasteiger partial charge in [0.05, 0.1) is 10.9 Å². The molecule has 2 aliphatic rings. The molecule has 0 saturated carbocycles. The lowest BCUT2D eigenvalue weighted by Crippen LogP contribution is -2.50. The zero-order valence-corrected chi connectivity index (χ0v) is 15.4. The van der Waals surface area contributed by atoms with E-state index in [2.05, 4.69) is 21.8 Å². The number of benzene rings is 1. The van der Waals surface area contributed by atoms with Crippen molar-refractivity contribution < 1.29 is 17.9 Å². The number of hydrogen-bond donors (Lipinski definition) is 1. The van der Waals surface area contributed by atoms with Gasteiger partial charge in [-0.3, -0.25) is 4.90 Å². The zero-order valence-electron chi connectivity index (χ0n) is 14.6. The molecule has 0 bridgehead atoms. The molecular formula is C17H22N4O4S. The van der Waals surface area contributed by atoms with Crippen LogP contribution in [0.25, 0.3) is 0 Å². The van der Waals surface area contributed by atoms with Crippen LogP contribution < -0.4 is 9.47 Å². The van der Waals surface area contributed by atoms with Crippen LogP contribution >= 0.6 is 0 Å². The number of aromatic nitrogens is 2. The number of likely N-dealkylation sites (N-methyl/N-ethyl adjacent to an activating group) is 1. The molecule has 140 valence electrons. The number of aromatic amines is 1. The fraction of sp³-hybridized carbons (Fsp3) is 0.471. The van der Waals surface area contributed by atoms with Gasteiger partial charge >= 0.3 is 0 Å². The monoisotopic (exact) mass is 378 g/mol. The second-order valence-corrected chi connectivity index (χ2v) is 8.23. The van der Waals surface area contributed by atoms with Gasteiger partial charge in [-0.25, -0.2) is 13.4 Å². The van der Waals surface area contributed by atoms with Crippen molar-refractivity contribution in [1.29, 1.82) is 0 Å². The minimum absolute atomic E-state index is 0.0873. The normalized spacial score (nSPS) is 21.7. The molecule has 3 heterocycles. The van der Waals surface area contributed by atoms with Crippen molar-refractivity contribution in [3.05, 3.63) is 36.4 Å². The maximum Gasteiger partial charge on any atom is 0.243 e. The summed E-state index contributed by atoms with van der Waals surface area (Å²) in [5, 5.41) is 0. The maximum absolute atomic E-state index is 13.2. The first-order valence-corrected chi connectivity index (χ1v) is 10.2. The third-order valence-electron chi connectivity index (χ3n) is 4.85. The Bertz CT molecular complexity index is 869. The van der Waals surface area contributed by atoms with Gasteiger partial charge in [0.25, 0.3) is 0 Å². The van der Waals surface area contributed by atoms with Crippen molar-refractivity contribution >= 4 is 10.0 Å². The van der Waals surface area contributed by atoms with Crippen LogP contribution in [-0.4, -0.2) is 67.0 Å². The number of imidazole rings is 1. The van der Waals surface area contributed by atoms with E-state index in [0.717, 1.165) is 12.4 Å². The molecule has 0 radical (unpaired) electrons. The number of rotatable bonds is 4. The molecule has 1 N–H and O–H groups in total. The molecule has 1 atom stereocenters. The number of H-pyrrole nitrogens is 1. The van der Waals surface area contributed by atoms with Crippen LogP contribution in [0.15, 0.2) is 35.5 Å². The minimum atomic E-state index is -3.62. The van der Waals surface area contributed by atoms with Crippen molar-refractivity contribution in [3.63, 3.8) is 0 Å². The summed E-state index contributed by atoms with van der Waals surface area (Å²) in [5.41, 5.74) is 0. The molecule has 1 saturated heterocycles. The van der Waals surface area contributed by atoms with Gasteiger partial charge in [0.15, 0.2) is 11.5 Å². The van der Waals surface area contributed by atoms with Crippen molar-refractivity contribution in [2.24, 2.45) is 0 Å². The van der Waals surface area contributed by atoms with E-state index in [9.17, 15) is 8.42 Å². The first-order valence-electron chi connectivity index (χ1n) is 8.72. The molecule has 1 aromatic carbocycles. The quantitative estimate of drug-likeness (QED) is 0.862. The molecule has 26 heavy (non-hydrogen) atoms. The summed E-state index contributed by atoms with van der Waals surface area (Å²) in [6.45, 7) is 5.27. The Balaban J connectivity index is 1.61. The molecule has 0 spiro atoms. The van der Waals surface area contributed by atoms with Gasteiger partial charge in [-0.15, -0.1) is 0 Å². The Hall–Kier alpha value is -2.10. The molecule has 8 nitrogen and oxygen atoms in total. The Labute approximate surface area is 152 Å². The van der Waals surface area contributed by atoms with Crippen molar-refractivity contribution in [1.82, 2.24) is 19.2 Å². The summed E-state index contributed by atoms with van der Waals surface area (Å²) in [6, 6.07) is 4.71. The van der Waals surface area contributed by atoms with Crippen LogP contribution in [0, 0.1) is 0 Å². The highest BCUT2D eigenvalue weighted by Crippen LogP contribution is 2.34. The first kappa shape index (κ1) is 17.3. The van der Waals surface area contributed by atoms with Crippen LogP contribution in [0.2, 0.25) is 0 Å². The summed E-state index contributed by atoms with van der Waals surface area (Å²) in [6.07, 6.45) is 3.45. The zero-order chi connectivity index (χ0) is 18.1. The maximum atomic E-state index is 13.2. The minimum Gasteiger partial charge on any atom is -0.486 e. The van der Waals surface area contributed by atoms with Crippen molar-refractivity contribution in [2.45, 2.75) is 17.9 Å². The number of piperazine rings is 1. The lowest BCUT2D eigenvalue weighted by Gasteiger charge is -2.39. The van der Waals surface area contributed by atoms with Crippen LogP contribution in [0.3, 0.4) is 0 Å². The predicted octanol–water partition coefficient (Wildman–Crippen LogP) is 1.25. The molecule has 9 heteroatoms. The van der Waals surface area contributed by atoms with E-state index >= 15 is 0 Å². The molecule has 4 rings (SSSR count). The van der Waals surface area contributed by atoms with E-state index in [1.54, 1.807) is 30.6 Å². The molecule has 2 aromatic rings. The highest BCUT2D eigenvalue weighted by molar-refractivity contribution is 7.89. The van der Waals surface area contributed by atoms with E-state index in [0.29, 0.717) is 44.3 Å². The molecule has 0 unspecified atom stereocenters. The lowest BCUT2D eigenvalue weighted by atomic mass is 10.2. The molecule has 0 aliphatic carbocycles. The SMILES string of the molecule is CCN1CCN(S(=O)(=O)c2ccc3c(c2)OCCO3)C[C@@H]1c1ncc[nH]1. The number of fused-ring (bicyclic) bond motifs is 1. The largest absolute Gasteiger partial charge is 0.486 e. The van der Waals surface area contributed by atoms with Gasteiger partial charge in [0.2, 0.25) is 10.0 Å². The average Bonchev–Trinajstić information content (AvgIpc) is 3.21. The molecule has 1 fully saturated rings. The number of nitrogens with one attached hydrogen (secondary N) is 1. The Morgan fingerprint density at radius 2 is 2.04 bits per heavy atom. The molecule has 1 aromatic heterocycles. The van der Waals surface area contributed by atoms with Gasteiger partial charge in [-0.05, 0) is 18.7 Å². The molecular weight excluding hydrogens is 356 g/mol. The van der Waals surface area contributed by atoms with Gasteiger partial charge in [0.1, 0.15) is 19.0 Å². The third-order valence-corrected chi connectivity index (χ3v) is 6.71. The Morgan fingerprint density at radius 1 is 1.23 bits per heavy atom. The van der Waals surface area contributed by atoms with E-state index < -0.39 is 10.0 Å². The van der Waals surface area contributed by atoms with Gasteiger partial charge in [0, 0.05) is 38.1 Å². The summed E-state index contributed by atoms with van der Waals surface area (Å²) in [4.78, 5) is 9.90. The number of sulfonamides is 1. The first-order chi connectivity index (χ1) is 12.6. The van der Waals surface area contributed by atoms with Gasteiger partial charge < -0.3 is 14.5 Å². The lowest BCUT2D eigenvalue weighted by molar-refractivity contribution is 0.119. The Kier molecular flexibility index (Phi) is 4.60. The molecule has 2 aliphatic heterocycles. The third kappa shape index (κ3) is 3.06.